The minimum Gasteiger partial charge on any atom is -0.383 e. The van der Waals surface area contributed by atoms with E-state index in [-0.39, 0.29) is 0 Å². The Hall–Kier alpha value is -0.120. The Bertz CT molecular complexity index is 208. The van der Waals surface area contributed by atoms with Gasteiger partial charge < -0.3 is 10.1 Å². The van der Waals surface area contributed by atoms with E-state index < -0.39 is 0 Å². The molecule has 1 saturated heterocycles. The van der Waals surface area contributed by atoms with Crippen molar-refractivity contribution in [3.8, 4) is 0 Å². The quantitative estimate of drug-likeness (QED) is 0.771. The van der Waals surface area contributed by atoms with Gasteiger partial charge in [-0.25, -0.2) is 0 Å². The van der Waals surface area contributed by atoms with E-state index in [1.807, 2.05) is 0 Å². The maximum atomic E-state index is 5.23. The van der Waals surface area contributed by atoms with Gasteiger partial charge in [0.2, 0.25) is 0 Å². The molecule has 0 saturated carbocycles. The van der Waals surface area contributed by atoms with Crippen LogP contribution >= 0.6 is 0 Å². The van der Waals surface area contributed by atoms with Gasteiger partial charge in [-0.3, -0.25) is 4.90 Å². The number of ether oxygens (including phenoxy) is 1. The highest BCUT2D eigenvalue weighted by Crippen LogP contribution is 2.19. The molecular formula is C14H30N2O. The summed E-state index contributed by atoms with van der Waals surface area (Å²) in [5.74, 6) is 1.46. The number of rotatable bonds is 6. The molecule has 3 heteroatoms. The maximum Gasteiger partial charge on any atom is 0.0589 e. The molecule has 0 radical (unpaired) electrons. The van der Waals surface area contributed by atoms with E-state index in [1.54, 1.807) is 7.11 Å². The predicted octanol–water partition coefficient (Wildman–Crippen LogP) is 1.98. The Kier molecular flexibility index (Phi) is 6.45. The van der Waals surface area contributed by atoms with E-state index in [1.165, 1.54) is 13.0 Å². The number of piperazine rings is 1. The van der Waals surface area contributed by atoms with Crippen molar-refractivity contribution < 1.29 is 4.74 Å². The smallest absolute Gasteiger partial charge is 0.0589 e. The highest BCUT2D eigenvalue weighted by molar-refractivity contribution is 4.89. The Labute approximate surface area is 107 Å². The van der Waals surface area contributed by atoms with E-state index in [4.69, 9.17) is 4.74 Å². The van der Waals surface area contributed by atoms with Crippen LogP contribution in [-0.2, 0) is 4.74 Å². The minimum absolute atomic E-state index is 0.645. The Balaban J connectivity index is 2.56. The second kappa shape index (κ2) is 7.34. The molecule has 1 N–H and O–H groups in total. The van der Waals surface area contributed by atoms with Crippen LogP contribution in [0.15, 0.2) is 0 Å². The number of hydrogen-bond acceptors (Lipinski definition) is 3. The van der Waals surface area contributed by atoms with Crippen molar-refractivity contribution in [1.82, 2.24) is 10.2 Å². The Morgan fingerprint density at radius 2 is 2.06 bits per heavy atom. The summed E-state index contributed by atoms with van der Waals surface area (Å²) in [4.78, 5) is 2.61. The second-order valence-corrected chi connectivity index (χ2v) is 5.70. The van der Waals surface area contributed by atoms with E-state index in [2.05, 4.69) is 37.9 Å². The summed E-state index contributed by atoms with van der Waals surface area (Å²) >= 11 is 0. The van der Waals surface area contributed by atoms with Crippen molar-refractivity contribution in [2.45, 2.75) is 46.2 Å². The fraction of sp³-hybridized carbons (Fsp3) is 1.00. The van der Waals surface area contributed by atoms with Crippen LogP contribution in [0.25, 0.3) is 0 Å². The van der Waals surface area contributed by atoms with Gasteiger partial charge >= 0.3 is 0 Å². The molecule has 3 nitrogen and oxygen atoms in total. The zero-order chi connectivity index (χ0) is 12.8. The summed E-state index contributed by atoms with van der Waals surface area (Å²) in [6, 6.07) is 1.30. The average Bonchev–Trinajstić information content (AvgIpc) is 2.34. The van der Waals surface area contributed by atoms with Crippen LogP contribution in [0.3, 0.4) is 0 Å². The van der Waals surface area contributed by atoms with Gasteiger partial charge in [0, 0.05) is 38.8 Å². The van der Waals surface area contributed by atoms with Gasteiger partial charge in [-0.2, -0.15) is 0 Å². The van der Waals surface area contributed by atoms with Crippen molar-refractivity contribution in [3.63, 3.8) is 0 Å². The zero-order valence-electron chi connectivity index (χ0n) is 12.2. The SMILES string of the molecule is CCC(C)C1CN(CCOC)C(C(C)C)CN1. The lowest BCUT2D eigenvalue weighted by Crippen LogP contribution is -2.60. The highest BCUT2D eigenvalue weighted by Gasteiger charge is 2.31. The standard InChI is InChI=1S/C14H30N2O/c1-6-12(4)13-10-16(7-8-17-5)14(9-15-13)11(2)3/h11-15H,6-10H2,1-5H3. The molecule has 3 unspecified atom stereocenters. The molecule has 1 rings (SSSR count). The van der Waals surface area contributed by atoms with Crippen molar-refractivity contribution in [1.29, 1.82) is 0 Å². The first-order valence-electron chi connectivity index (χ1n) is 7.06. The van der Waals surface area contributed by atoms with Crippen molar-refractivity contribution in [3.05, 3.63) is 0 Å². The van der Waals surface area contributed by atoms with Gasteiger partial charge in [-0.15, -0.1) is 0 Å². The molecule has 0 aliphatic carbocycles. The van der Waals surface area contributed by atoms with Gasteiger partial charge in [0.05, 0.1) is 6.61 Å². The first-order valence-corrected chi connectivity index (χ1v) is 7.06. The Morgan fingerprint density at radius 1 is 1.35 bits per heavy atom. The largest absolute Gasteiger partial charge is 0.383 e. The number of methoxy groups -OCH3 is 1. The van der Waals surface area contributed by atoms with E-state index in [9.17, 15) is 0 Å². The van der Waals surface area contributed by atoms with Crippen LogP contribution in [0.2, 0.25) is 0 Å². The molecule has 1 aliphatic rings. The lowest BCUT2D eigenvalue weighted by atomic mass is 9.92. The van der Waals surface area contributed by atoms with E-state index >= 15 is 0 Å². The van der Waals surface area contributed by atoms with Crippen LogP contribution < -0.4 is 5.32 Å². The molecule has 102 valence electrons. The average molecular weight is 242 g/mol. The molecular weight excluding hydrogens is 212 g/mol. The second-order valence-electron chi connectivity index (χ2n) is 5.70. The van der Waals surface area contributed by atoms with Crippen LogP contribution in [-0.4, -0.2) is 50.3 Å². The molecule has 1 heterocycles. The summed E-state index contributed by atoms with van der Waals surface area (Å²) in [7, 11) is 1.79. The third-order valence-electron chi connectivity index (χ3n) is 4.17. The third-order valence-corrected chi connectivity index (χ3v) is 4.17. The topological polar surface area (TPSA) is 24.5 Å². The van der Waals surface area contributed by atoms with Gasteiger partial charge in [0.1, 0.15) is 0 Å². The first-order chi connectivity index (χ1) is 8.10. The molecule has 3 atom stereocenters. The van der Waals surface area contributed by atoms with Crippen LogP contribution in [0.5, 0.6) is 0 Å². The Morgan fingerprint density at radius 3 is 2.59 bits per heavy atom. The normalized spacial score (nSPS) is 28.6. The predicted molar refractivity (Wildman–Crippen MR) is 73.3 cm³/mol. The lowest BCUT2D eigenvalue weighted by molar-refractivity contribution is 0.0550. The van der Waals surface area contributed by atoms with Gasteiger partial charge in [0.25, 0.3) is 0 Å². The van der Waals surface area contributed by atoms with Gasteiger partial charge in [0.15, 0.2) is 0 Å². The molecule has 17 heavy (non-hydrogen) atoms. The molecule has 0 bridgehead atoms. The fourth-order valence-corrected chi connectivity index (χ4v) is 2.64. The molecule has 1 aliphatic heterocycles. The lowest BCUT2D eigenvalue weighted by Gasteiger charge is -2.44. The summed E-state index contributed by atoms with van der Waals surface area (Å²) in [6.07, 6.45) is 1.25. The zero-order valence-corrected chi connectivity index (χ0v) is 12.2. The van der Waals surface area contributed by atoms with Crippen LogP contribution in [0, 0.1) is 11.8 Å². The maximum absolute atomic E-state index is 5.23. The minimum atomic E-state index is 0.645. The molecule has 0 amide bonds. The monoisotopic (exact) mass is 242 g/mol. The summed E-state index contributed by atoms with van der Waals surface area (Å²) < 4.78 is 5.23. The summed E-state index contributed by atoms with van der Waals surface area (Å²) in [5, 5.41) is 3.73. The molecule has 1 fully saturated rings. The summed E-state index contributed by atoms with van der Waals surface area (Å²) in [5.41, 5.74) is 0. The van der Waals surface area contributed by atoms with Crippen LogP contribution in [0.4, 0.5) is 0 Å². The number of hydrogen-bond donors (Lipinski definition) is 1. The number of nitrogens with zero attached hydrogens (tertiary/aromatic N) is 1. The van der Waals surface area contributed by atoms with Crippen molar-refractivity contribution >= 4 is 0 Å². The molecule has 0 aromatic heterocycles. The van der Waals surface area contributed by atoms with Crippen molar-refractivity contribution in [2.24, 2.45) is 11.8 Å². The highest BCUT2D eigenvalue weighted by atomic mass is 16.5. The van der Waals surface area contributed by atoms with E-state index in [0.29, 0.717) is 18.0 Å². The van der Waals surface area contributed by atoms with Crippen LogP contribution in [0.1, 0.15) is 34.1 Å². The summed E-state index contributed by atoms with van der Waals surface area (Å²) in [6.45, 7) is 13.5. The molecule has 0 aromatic rings. The van der Waals surface area contributed by atoms with E-state index in [0.717, 1.165) is 25.6 Å². The van der Waals surface area contributed by atoms with Gasteiger partial charge in [-0.1, -0.05) is 34.1 Å². The van der Waals surface area contributed by atoms with Gasteiger partial charge in [-0.05, 0) is 11.8 Å². The van der Waals surface area contributed by atoms with Crippen molar-refractivity contribution in [2.75, 3.05) is 33.4 Å². The fourth-order valence-electron chi connectivity index (χ4n) is 2.64. The molecule has 0 aromatic carbocycles. The third kappa shape index (κ3) is 4.23. The number of nitrogens with one attached hydrogen (secondary N) is 1. The molecule has 0 spiro atoms. The first kappa shape index (κ1) is 14.9.